The number of piperidine rings is 1. The third-order valence-electron chi connectivity index (χ3n) is 6.95. The molecular formula is C27H27F3N4O3. The molecule has 1 aliphatic heterocycles. The Balaban J connectivity index is 1.61. The molecule has 2 aromatic carbocycles. The van der Waals surface area contributed by atoms with Gasteiger partial charge in [0.25, 0.3) is 0 Å². The zero-order chi connectivity index (χ0) is 26.2. The van der Waals surface area contributed by atoms with Crippen molar-refractivity contribution < 1.29 is 22.6 Å². The molecule has 5 rings (SSSR count). The van der Waals surface area contributed by atoms with E-state index in [4.69, 9.17) is 9.47 Å². The molecule has 0 N–H and O–H groups in total. The van der Waals surface area contributed by atoms with E-state index in [0.717, 1.165) is 11.9 Å². The molecule has 1 aliphatic rings. The van der Waals surface area contributed by atoms with Gasteiger partial charge in [-0.3, -0.25) is 9.13 Å². The topological polar surface area (TPSA) is 61.5 Å². The van der Waals surface area contributed by atoms with Gasteiger partial charge >= 0.3 is 11.9 Å². The lowest BCUT2D eigenvalue weighted by atomic mass is 10.0. The van der Waals surface area contributed by atoms with Gasteiger partial charge in [-0.2, -0.15) is 13.2 Å². The number of anilines is 1. The van der Waals surface area contributed by atoms with Crippen LogP contribution in [0.15, 0.2) is 71.7 Å². The van der Waals surface area contributed by atoms with Crippen molar-refractivity contribution in [2.24, 2.45) is 0 Å². The zero-order valence-electron chi connectivity index (χ0n) is 20.5. The summed E-state index contributed by atoms with van der Waals surface area (Å²) in [7, 11) is 3.08. The van der Waals surface area contributed by atoms with E-state index in [0.29, 0.717) is 36.3 Å². The number of aromatic nitrogens is 3. The van der Waals surface area contributed by atoms with Crippen LogP contribution in [0.25, 0.3) is 11.0 Å². The Labute approximate surface area is 211 Å². The number of imidazole rings is 1. The van der Waals surface area contributed by atoms with E-state index in [9.17, 15) is 18.0 Å². The molecule has 1 fully saturated rings. The monoisotopic (exact) mass is 512 g/mol. The van der Waals surface area contributed by atoms with Gasteiger partial charge in [0.05, 0.1) is 36.9 Å². The van der Waals surface area contributed by atoms with Crippen LogP contribution in [0.2, 0.25) is 0 Å². The number of hydrogen-bond acceptors (Lipinski definition) is 5. The van der Waals surface area contributed by atoms with E-state index >= 15 is 0 Å². The molecular weight excluding hydrogens is 485 g/mol. The first-order chi connectivity index (χ1) is 17.8. The number of benzene rings is 2. The number of pyridine rings is 1. The van der Waals surface area contributed by atoms with Crippen molar-refractivity contribution in [3.63, 3.8) is 0 Å². The lowest BCUT2D eigenvalue weighted by Crippen LogP contribution is -2.48. The number of para-hydroxylation sites is 1. The minimum Gasteiger partial charge on any atom is -0.494 e. The number of fused-ring (bicyclic) bond motifs is 1. The van der Waals surface area contributed by atoms with Gasteiger partial charge in [-0.25, -0.2) is 9.78 Å². The summed E-state index contributed by atoms with van der Waals surface area (Å²) in [4.78, 5) is 20.5. The Morgan fingerprint density at radius 3 is 2.51 bits per heavy atom. The predicted octanol–water partition coefficient (Wildman–Crippen LogP) is 4.74. The molecule has 0 spiro atoms. The van der Waals surface area contributed by atoms with E-state index in [1.807, 2.05) is 18.2 Å². The van der Waals surface area contributed by atoms with Crippen LogP contribution in [0, 0.1) is 0 Å². The first-order valence-electron chi connectivity index (χ1n) is 11.9. The van der Waals surface area contributed by atoms with Gasteiger partial charge in [0.15, 0.2) is 0 Å². The molecule has 2 atom stereocenters. The third-order valence-corrected chi connectivity index (χ3v) is 6.95. The summed E-state index contributed by atoms with van der Waals surface area (Å²) >= 11 is 0. The SMILES string of the molecule is COc1cccc2c1n(Cc1ccccc1C(F)(F)F)c(=O)n2C1CCN(c2ccccn2)CC1OC. The van der Waals surface area contributed by atoms with Gasteiger partial charge in [-0.15, -0.1) is 0 Å². The van der Waals surface area contributed by atoms with Gasteiger partial charge in [0.2, 0.25) is 0 Å². The summed E-state index contributed by atoms with van der Waals surface area (Å²) in [6.07, 6.45) is -2.57. The Morgan fingerprint density at radius 2 is 1.81 bits per heavy atom. The summed E-state index contributed by atoms with van der Waals surface area (Å²) < 4.78 is 55.6. The Bertz CT molecular complexity index is 1450. The molecule has 37 heavy (non-hydrogen) atoms. The van der Waals surface area contributed by atoms with Crippen molar-refractivity contribution in [3.8, 4) is 5.75 Å². The fraction of sp³-hybridized carbons (Fsp3) is 0.333. The van der Waals surface area contributed by atoms with Gasteiger partial charge < -0.3 is 14.4 Å². The molecule has 3 heterocycles. The Hall–Kier alpha value is -3.79. The van der Waals surface area contributed by atoms with Crippen molar-refractivity contribution >= 4 is 16.9 Å². The number of methoxy groups -OCH3 is 2. The number of halogens is 3. The van der Waals surface area contributed by atoms with Crippen LogP contribution in [-0.4, -0.2) is 47.5 Å². The minimum atomic E-state index is -4.54. The summed E-state index contributed by atoms with van der Waals surface area (Å²) in [6, 6.07) is 16.0. The maximum atomic E-state index is 13.9. The highest BCUT2D eigenvalue weighted by molar-refractivity contribution is 5.83. The molecule has 1 saturated heterocycles. The summed E-state index contributed by atoms with van der Waals surface area (Å²) in [6.45, 7) is 0.905. The van der Waals surface area contributed by atoms with E-state index in [-0.39, 0.29) is 24.3 Å². The fourth-order valence-corrected chi connectivity index (χ4v) is 5.22. The van der Waals surface area contributed by atoms with Crippen molar-refractivity contribution in [3.05, 3.63) is 88.5 Å². The summed E-state index contributed by atoms with van der Waals surface area (Å²) in [5, 5.41) is 0. The number of rotatable bonds is 6. The Morgan fingerprint density at radius 1 is 1.03 bits per heavy atom. The highest BCUT2D eigenvalue weighted by Gasteiger charge is 2.36. The van der Waals surface area contributed by atoms with Crippen LogP contribution in [-0.2, 0) is 17.5 Å². The summed E-state index contributed by atoms with van der Waals surface area (Å²) in [5.41, 5.74) is -0.123. The van der Waals surface area contributed by atoms with Crippen LogP contribution in [0.5, 0.6) is 5.75 Å². The average Bonchev–Trinajstić information content (AvgIpc) is 3.19. The average molecular weight is 513 g/mol. The van der Waals surface area contributed by atoms with E-state index < -0.39 is 17.4 Å². The minimum absolute atomic E-state index is 0.00955. The maximum absolute atomic E-state index is 13.9. The molecule has 0 radical (unpaired) electrons. The van der Waals surface area contributed by atoms with Crippen LogP contribution in [0.3, 0.4) is 0 Å². The predicted molar refractivity (Wildman–Crippen MR) is 134 cm³/mol. The molecule has 4 aromatic rings. The largest absolute Gasteiger partial charge is 0.494 e. The first-order valence-corrected chi connectivity index (χ1v) is 11.9. The normalized spacial score (nSPS) is 18.4. The highest BCUT2D eigenvalue weighted by Crippen LogP contribution is 2.35. The fourth-order valence-electron chi connectivity index (χ4n) is 5.22. The van der Waals surface area contributed by atoms with E-state index in [1.165, 1.54) is 23.8 Å². The molecule has 7 nitrogen and oxygen atoms in total. The zero-order valence-corrected chi connectivity index (χ0v) is 20.5. The van der Waals surface area contributed by atoms with Crippen LogP contribution < -0.4 is 15.3 Å². The number of ether oxygens (including phenoxy) is 2. The molecule has 10 heteroatoms. The maximum Gasteiger partial charge on any atom is 0.416 e. The molecule has 2 aromatic heterocycles. The van der Waals surface area contributed by atoms with Gasteiger partial charge in [-0.1, -0.05) is 30.3 Å². The quantitative estimate of drug-likeness (QED) is 0.374. The molecule has 0 saturated carbocycles. The van der Waals surface area contributed by atoms with Gasteiger partial charge in [-0.05, 0) is 42.3 Å². The smallest absolute Gasteiger partial charge is 0.416 e. The Kier molecular flexibility index (Phi) is 6.68. The van der Waals surface area contributed by atoms with Gasteiger partial charge in [0.1, 0.15) is 17.1 Å². The lowest BCUT2D eigenvalue weighted by Gasteiger charge is -2.38. The second-order valence-electron chi connectivity index (χ2n) is 8.99. The highest BCUT2D eigenvalue weighted by atomic mass is 19.4. The lowest BCUT2D eigenvalue weighted by molar-refractivity contribution is -0.138. The van der Waals surface area contributed by atoms with Crippen molar-refractivity contribution in [2.75, 3.05) is 32.2 Å². The molecule has 194 valence electrons. The van der Waals surface area contributed by atoms with Gasteiger partial charge in [0, 0.05) is 26.4 Å². The van der Waals surface area contributed by atoms with E-state index in [2.05, 4.69) is 9.88 Å². The van der Waals surface area contributed by atoms with Crippen molar-refractivity contribution in [1.29, 1.82) is 0 Å². The van der Waals surface area contributed by atoms with Crippen molar-refractivity contribution in [1.82, 2.24) is 14.1 Å². The number of alkyl halides is 3. The third kappa shape index (κ3) is 4.57. The van der Waals surface area contributed by atoms with Crippen LogP contribution >= 0.6 is 0 Å². The summed E-state index contributed by atoms with van der Waals surface area (Å²) in [5.74, 6) is 1.24. The van der Waals surface area contributed by atoms with Crippen molar-refractivity contribution in [2.45, 2.75) is 31.3 Å². The second kappa shape index (κ2) is 9.93. The van der Waals surface area contributed by atoms with Crippen LogP contribution in [0.1, 0.15) is 23.6 Å². The van der Waals surface area contributed by atoms with Crippen LogP contribution in [0.4, 0.5) is 19.0 Å². The molecule has 2 unspecified atom stereocenters. The number of nitrogens with zero attached hydrogens (tertiary/aromatic N) is 4. The molecule has 0 aliphatic carbocycles. The first kappa shape index (κ1) is 24.9. The molecule has 0 amide bonds. The standard InChI is InChI=1S/C27H27F3N4O3/c1-36-22-11-7-10-21-25(22)33(16-18-8-3-4-9-19(18)27(28,29)30)26(35)34(21)20-13-15-32(17-23(20)37-2)24-12-5-6-14-31-24/h3-12,14,20,23H,13,15-17H2,1-2H3. The second-order valence-corrected chi connectivity index (χ2v) is 8.99. The molecule has 0 bridgehead atoms. The number of hydrogen-bond donors (Lipinski definition) is 0. The van der Waals surface area contributed by atoms with E-state index in [1.54, 1.807) is 42.1 Å².